The number of aromatic nitrogens is 2. The van der Waals surface area contributed by atoms with E-state index in [0.717, 1.165) is 31.8 Å². The lowest BCUT2D eigenvalue weighted by molar-refractivity contribution is -0.119. The molecular weight excluding hydrogens is 208 g/mol. The Hall–Kier alpha value is -1.43. The largest absolute Gasteiger partial charge is 0.369 e. The van der Waals surface area contributed by atoms with Crippen LogP contribution in [-0.2, 0) is 4.79 Å². The van der Waals surface area contributed by atoms with Crippen LogP contribution >= 0.6 is 0 Å². The number of hydrogen-bond donors (Lipinski definition) is 1. The van der Waals surface area contributed by atoms with Crippen LogP contribution in [-0.4, -0.2) is 40.6 Å². The average Bonchev–Trinajstić information content (AvgIpc) is 2.64. The zero-order valence-electron chi connectivity index (χ0n) is 9.35. The van der Waals surface area contributed by atoms with Gasteiger partial charge in [-0.15, -0.1) is 0 Å². The molecule has 88 valence electrons. The highest BCUT2D eigenvalue weighted by atomic mass is 16.5. The highest BCUT2D eigenvalue weighted by Crippen LogP contribution is 2.24. The first kappa shape index (κ1) is 11.1. The third-order valence-electron chi connectivity index (χ3n) is 2.79. The maximum atomic E-state index is 10.8. The molecule has 1 fully saturated rings. The van der Waals surface area contributed by atoms with E-state index in [1.54, 1.807) is 6.92 Å². The number of carbonyl (C=O) groups is 1. The summed E-state index contributed by atoms with van der Waals surface area (Å²) in [6.07, 6.45) is 2.07. The molecule has 0 radical (unpaired) electrons. The van der Waals surface area contributed by atoms with Gasteiger partial charge >= 0.3 is 0 Å². The van der Waals surface area contributed by atoms with Crippen LogP contribution in [0.2, 0.25) is 0 Å². The standard InChI is InChI=1S/C10H16N4O2/c1-7-12-10(13-16-7)8-3-2-4-14(5-8)6-9(11)15/h8H,2-6H2,1H3,(H2,11,15)/t8-/m1/s1. The number of aryl methyl sites for hydroxylation is 1. The summed E-state index contributed by atoms with van der Waals surface area (Å²) in [5.41, 5.74) is 5.18. The number of nitrogens with two attached hydrogens (primary N) is 1. The Morgan fingerprint density at radius 2 is 2.50 bits per heavy atom. The molecule has 6 nitrogen and oxygen atoms in total. The molecule has 1 aromatic heterocycles. The molecule has 2 N–H and O–H groups in total. The Kier molecular flexibility index (Phi) is 3.19. The number of primary amides is 1. The van der Waals surface area contributed by atoms with Crippen molar-refractivity contribution in [2.75, 3.05) is 19.6 Å². The molecule has 1 atom stereocenters. The summed E-state index contributed by atoms with van der Waals surface area (Å²) in [6.45, 7) is 3.78. The van der Waals surface area contributed by atoms with Crippen molar-refractivity contribution in [3.05, 3.63) is 11.7 Å². The van der Waals surface area contributed by atoms with E-state index in [1.807, 2.05) is 4.90 Å². The highest BCUT2D eigenvalue weighted by Gasteiger charge is 2.25. The van der Waals surface area contributed by atoms with E-state index >= 15 is 0 Å². The number of piperidine rings is 1. The number of rotatable bonds is 3. The number of nitrogens with zero attached hydrogens (tertiary/aromatic N) is 3. The van der Waals surface area contributed by atoms with E-state index in [9.17, 15) is 4.79 Å². The first-order chi connectivity index (χ1) is 7.65. The normalized spacial score (nSPS) is 22.2. The van der Waals surface area contributed by atoms with Crippen molar-refractivity contribution in [1.29, 1.82) is 0 Å². The predicted molar refractivity (Wildman–Crippen MR) is 56.6 cm³/mol. The van der Waals surface area contributed by atoms with Gasteiger partial charge in [0, 0.05) is 19.4 Å². The lowest BCUT2D eigenvalue weighted by atomic mass is 9.97. The van der Waals surface area contributed by atoms with Gasteiger partial charge in [-0.25, -0.2) is 0 Å². The minimum absolute atomic E-state index is 0.255. The maximum absolute atomic E-state index is 10.8. The van der Waals surface area contributed by atoms with Gasteiger partial charge in [0.05, 0.1) is 6.54 Å². The van der Waals surface area contributed by atoms with Gasteiger partial charge in [0.2, 0.25) is 11.8 Å². The van der Waals surface area contributed by atoms with Crippen LogP contribution in [0.1, 0.15) is 30.5 Å². The van der Waals surface area contributed by atoms with Crippen molar-refractivity contribution in [2.45, 2.75) is 25.7 Å². The minimum atomic E-state index is -0.287. The highest BCUT2D eigenvalue weighted by molar-refractivity contribution is 5.75. The second-order valence-electron chi connectivity index (χ2n) is 4.21. The van der Waals surface area contributed by atoms with Gasteiger partial charge in [0.25, 0.3) is 0 Å². The van der Waals surface area contributed by atoms with Crippen LogP contribution in [0.25, 0.3) is 0 Å². The van der Waals surface area contributed by atoms with E-state index in [1.165, 1.54) is 0 Å². The molecule has 1 aliphatic rings. The van der Waals surface area contributed by atoms with E-state index in [-0.39, 0.29) is 11.8 Å². The molecular formula is C10H16N4O2. The second kappa shape index (κ2) is 4.61. The summed E-state index contributed by atoms with van der Waals surface area (Å²) < 4.78 is 4.96. The van der Waals surface area contributed by atoms with Gasteiger partial charge in [-0.05, 0) is 19.4 Å². The summed E-state index contributed by atoms with van der Waals surface area (Å²) in [4.78, 5) is 17.1. The topological polar surface area (TPSA) is 85.3 Å². The second-order valence-corrected chi connectivity index (χ2v) is 4.21. The molecule has 1 saturated heterocycles. The predicted octanol–water partition coefficient (Wildman–Crippen LogP) is 0.0427. The number of likely N-dealkylation sites (tertiary alicyclic amines) is 1. The van der Waals surface area contributed by atoms with Crippen molar-refractivity contribution in [3.8, 4) is 0 Å². The monoisotopic (exact) mass is 224 g/mol. The third kappa shape index (κ3) is 2.57. The summed E-state index contributed by atoms with van der Waals surface area (Å²) >= 11 is 0. The van der Waals surface area contributed by atoms with Crippen LogP contribution in [0.15, 0.2) is 4.52 Å². The fraction of sp³-hybridized carbons (Fsp3) is 0.700. The van der Waals surface area contributed by atoms with Crippen molar-refractivity contribution >= 4 is 5.91 Å². The average molecular weight is 224 g/mol. The Bertz CT molecular complexity index is 377. The van der Waals surface area contributed by atoms with E-state index in [0.29, 0.717) is 12.4 Å². The Labute approximate surface area is 93.8 Å². The molecule has 0 aromatic carbocycles. The molecule has 0 saturated carbocycles. The van der Waals surface area contributed by atoms with E-state index < -0.39 is 0 Å². The molecule has 2 heterocycles. The molecule has 6 heteroatoms. The van der Waals surface area contributed by atoms with Gasteiger partial charge in [-0.1, -0.05) is 5.16 Å². The summed E-state index contributed by atoms with van der Waals surface area (Å²) in [7, 11) is 0. The van der Waals surface area contributed by atoms with Gasteiger partial charge in [-0.3, -0.25) is 9.69 Å². The first-order valence-electron chi connectivity index (χ1n) is 5.46. The lowest BCUT2D eigenvalue weighted by Gasteiger charge is -2.29. The molecule has 0 aliphatic carbocycles. The quantitative estimate of drug-likeness (QED) is 0.783. The van der Waals surface area contributed by atoms with E-state index in [2.05, 4.69) is 10.1 Å². The molecule has 1 aromatic rings. The third-order valence-corrected chi connectivity index (χ3v) is 2.79. The van der Waals surface area contributed by atoms with Crippen LogP contribution in [0, 0.1) is 6.92 Å². The smallest absolute Gasteiger partial charge is 0.231 e. The van der Waals surface area contributed by atoms with Gasteiger partial charge in [-0.2, -0.15) is 4.98 Å². The number of carbonyl (C=O) groups excluding carboxylic acids is 1. The Morgan fingerprint density at radius 3 is 3.12 bits per heavy atom. The number of hydrogen-bond acceptors (Lipinski definition) is 5. The zero-order valence-corrected chi connectivity index (χ0v) is 9.35. The minimum Gasteiger partial charge on any atom is -0.369 e. The van der Waals surface area contributed by atoms with Crippen LogP contribution < -0.4 is 5.73 Å². The van der Waals surface area contributed by atoms with Crippen molar-refractivity contribution in [1.82, 2.24) is 15.0 Å². The van der Waals surface area contributed by atoms with Crippen molar-refractivity contribution in [2.24, 2.45) is 5.73 Å². The fourth-order valence-electron chi connectivity index (χ4n) is 2.11. The zero-order chi connectivity index (χ0) is 11.5. The fourth-order valence-corrected chi connectivity index (χ4v) is 2.11. The maximum Gasteiger partial charge on any atom is 0.231 e. The van der Waals surface area contributed by atoms with Crippen LogP contribution in [0.4, 0.5) is 0 Å². The van der Waals surface area contributed by atoms with Gasteiger partial charge < -0.3 is 10.3 Å². The molecule has 16 heavy (non-hydrogen) atoms. The number of amides is 1. The van der Waals surface area contributed by atoms with Gasteiger partial charge in [0.1, 0.15) is 0 Å². The summed E-state index contributed by atoms with van der Waals surface area (Å²) in [5, 5.41) is 3.92. The molecule has 0 spiro atoms. The Morgan fingerprint density at radius 1 is 1.69 bits per heavy atom. The lowest BCUT2D eigenvalue weighted by Crippen LogP contribution is -2.40. The molecule has 1 amide bonds. The van der Waals surface area contributed by atoms with Gasteiger partial charge in [0.15, 0.2) is 5.82 Å². The van der Waals surface area contributed by atoms with Crippen LogP contribution in [0.5, 0.6) is 0 Å². The Balaban J connectivity index is 1.99. The SMILES string of the molecule is Cc1nc([C@@H]2CCCN(CC(N)=O)C2)no1. The molecule has 2 rings (SSSR count). The molecule has 1 aliphatic heterocycles. The summed E-state index contributed by atoms with van der Waals surface area (Å²) in [6, 6.07) is 0. The first-order valence-corrected chi connectivity index (χ1v) is 5.46. The molecule has 0 bridgehead atoms. The van der Waals surface area contributed by atoms with Crippen molar-refractivity contribution < 1.29 is 9.32 Å². The summed E-state index contributed by atoms with van der Waals surface area (Å²) in [5.74, 6) is 1.30. The molecule has 0 unspecified atom stereocenters. The van der Waals surface area contributed by atoms with Crippen LogP contribution in [0.3, 0.4) is 0 Å². The van der Waals surface area contributed by atoms with Crippen molar-refractivity contribution in [3.63, 3.8) is 0 Å². The van der Waals surface area contributed by atoms with E-state index in [4.69, 9.17) is 10.3 Å².